The highest BCUT2D eigenvalue weighted by atomic mass is 127. The smallest absolute Gasteiger partial charge is 0.191 e. The minimum atomic E-state index is -0.148. The highest BCUT2D eigenvalue weighted by molar-refractivity contribution is 14.0. The lowest BCUT2D eigenvalue weighted by Crippen LogP contribution is -2.40. The molecule has 0 amide bonds. The van der Waals surface area contributed by atoms with Gasteiger partial charge in [-0.3, -0.25) is 4.99 Å². The number of nitrogens with zero attached hydrogens (tertiary/aromatic N) is 2. The number of halogens is 2. The summed E-state index contributed by atoms with van der Waals surface area (Å²) in [6, 6.07) is 5.25. The van der Waals surface area contributed by atoms with E-state index < -0.39 is 0 Å². The van der Waals surface area contributed by atoms with Crippen LogP contribution < -0.4 is 10.6 Å². The third-order valence-corrected chi connectivity index (χ3v) is 2.95. The first kappa shape index (κ1) is 17.2. The zero-order valence-electron chi connectivity index (χ0n) is 11.9. The molecular weight excluding hydrogens is 370 g/mol. The number of hydrogen-bond donors (Lipinski definition) is 2. The molecule has 0 saturated carbocycles. The van der Waals surface area contributed by atoms with Crippen LogP contribution in [0, 0.1) is 5.82 Å². The largest absolute Gasteiger partial charge is 0.356 e. The van der Waals surface area contributed by atoms with Crippen molar-refractivity contribution in [3.8, 4) is 0 Å². The SMILES string of the molecule is CN(C)Cc1cc(CNC2=NCCCN2)ccc1F.I. The van der Waals surface area contributed by atoms with Crippen molar-refractivity contribution >= 4 is 29.9 Å². The Morgan fingerprint density at radius 3 is 2.85 bits per heavy atom. The van der Waals surface area contributed by atoms with Crippen LogP contribution in [0.15, 0.2) is 23.2 Å². The van der Waals surface area contributed by atoms with Gasteiger partial charge in [0.1, 0.15) is 5.82 Å². The van der Waals surface area contributed by atoms with Crippen LogP contribution >= 0.6 is 24.0 Å². The Bertz CT molecular complexity index is 462. The topological polar surface area (TPSA) is 39.7 Å². The average molecular weight is 392 g/mol. The van der Waals surface area contributed by atoms with Crippen LogP contribution in [0.2, 0.25) is 0 Å². The van der Waals surface area contributed by atoms with E-state index in [1.807, 2.05) is 31.1 Å². The Kier molecular flexibility index (Phi) is 7.22. The summed E-state index contributed by atoms with van der Waals surface area (Å²) in [5.74, 6) is 0.690. The lowest BCUT2D eigenvalue weighted by molar-refractivity contribution is 0.392. The quantitative estimate of drug-likeness (QED) is 0.770. The zero-order chi connectivity index (χ0) is 13.7. The lowest BCUT2D eigenvalue weighted by Gasteiger charge is -2.17. The summed E-state index contributed by atoms with van der Waals surface area (Å²) in [5, 5.41) is 6.44. The minimum absolute atomic E-state index is 0. The van der Waals surface area contributed by atoms with Gasteiger partial charge in [0.15, 0.2) is 5.96 Å². The van der Waals surface area contributed by atoms with Crippen LogP contribution in [-0.2, 0) is 13.1 Å². The van der Waals surface area contributed by atoms with Crippen molar-refractivity contribution in [2.24, 2.45) is 4.99 Å². The average Bonchev–Trinajstić information content (AvgIpc) is 2.40. The Morgan fingerprint density at radius 1 is 1.40 bits per heavy atom. The standard InChI is InChI=1S/C14H21FN4.HI/c1-19(2)10-12-8-11(4-5-13(12)15)9-18-14-16-6-3-7-17-14;/h4-5,8H,3,6-7,9-10H2,1-2H3,(H2,16,17,18);1H. The molecule has 0 radical (unpaired) electrons. The monoisotopic (exact) mass is 392 g/mol. The van der Waals surface area contributed by atoms with E-state index in [1.165, 1.54) is 6.07 Å². The summed E-state index contributed by atoms with van der Waals surface area (Å²) in [7, 11) is 3.87. The summed E-state index contributed by atoms with van der Waals surface area (Å²) in [4.78, 5) is 6.31. The predicted molar refractivity (Wildman–Crippen MR) is 91.0 cm³/mol. The molecular formula is C14H22FIN4. The van der Waals surface area contributed by atoms with Crippen molar-refractivity contribution in [2.75, 3.05) is 27.2 Å². The molecule has 0 spiro atoms. The number of rotatable bonds is 4. The molecule has 1 aromatic rings. The van der Waals surface area contributed by atoms with E-state index in [1.54, 1.807) is 0 Å². The van der Waals surface area contributed by atoms with Crippen molar-refractivity contribution in [2.45, 2.75) is 19.5 Å². The van der Waals surface area contributed by atoms with Crippen molar-refractivity contribution in [1.82, 2.24) is 15.5 Å². The van der Waals surface area contributed by atoms with Crippen LogP contribution in [0.4, 0.5) is 4.39 Å². The fraction of sp³-hybridized carbons (Fsp3) is 0.500. The second-order valence-corrected chi connectivity index (χ2v) is 5.03. The summed E-state index contributed by atoms with van der Waals surface area (Å²) in [5.41, 5.74) is 1.79. The predicted octanol–water partition coefficient (Wildman–Crippen LogP) is 1.94. The summed E-state index contributed by atoms with van der Waals surface area (Å²) < 4.78 is 13.6. The van der Waals surface area contributed by atoms with Gasteiger partial charge in [-0.25, -0.2) is 4.39 Å². The van der Waals surface area contributed by atoms with E-state index in [-0.39, 0.29) is 29.8 Å². The highest BCUT2D eigenvalue weighted by Crippen LogP contribution is 2.12. The molecule has 2 rings (SSSR count). The number of nitrogens with one attached hydrogen (secondary N) is 2. The molecule has 2 N–H and O–H groups in total. The Labute approximate surface area is 136 Å². The van der Waals surface area contributed by atoms with Gasteiger partial charge in [-0.15, -0.1) is 24.0 Å². The summed E-state index contributed by atoms with van der Waals surface area (Å²) in [6.45, 7) is 3.09. The van der Waals surface area contributed by atoms with Crippen LogP contribution in [0.1, 0.15) is 17.5 Å². The van der Waals surface area contributed by atoms with Crippen LogP contribution in [0.3, 0.4) is 0 Å². The molecule has 0 unspecified atom stereocenters. The molecule has 1 heterocycles. The maximum atomic E-state index is 13.6. The first-order valence-corrected chi connectivity index (χ1v) is 6.59. The third-order valence-electron chi connectivity index (χ3n) is 2.95. The molecule has 0 aromatic heterocycles. The van der Waals surface area contributed by atoms with Gasteiger partial charge in [-0.1, -0.05) is 6.07 Å². The van der Waals surface area contributed by atoms with E-state index in [0.29, 0.717) is 13.1 Å². The van der Waals surface area contributed by atoms with Gasteiger partial charge >= 0.3 is 0 Å². The first-order valence-electron chi connectivity index (χ1n) is 6.59. The molecule has 112 valence electrons. The van der Waals surface area contributed by atoms with Crippen molar-refractivity contribution < 1.29 is 4.39 Å². The molecule has 0 fully saturated rings. The second-order valence-electron chi connectivity index (χ2n) is 5.03. The summed E-state index contributed by atoms with van der Waals surface area (Å²) in [6.07, 6.45) is 1.08. The van der Waals surface area contributed by atoms with E-state index in [0.717, 1.165) is 36.6 Å². The minimum Gasteiger partial charge on any atom is -0.356 e. The fourth-order valence-corrected chi connectivity index (χ4v) is 2.04. The third kappa shape index (κ3) is 5.24. The van der Waals surface area contributed by atoms with Gasteiger partial charge in [0.2, 0.25) is 0 Å². The van der Waals surface area contributed by atoms with Crippen molar-refractivity contribution in [1.29, 1.82) is 0 Å². The van der Waals surface area contributed by atoms with Crippen molar-refractivity contribution in [3.05, 3.63) is 35.1 Å². The zero-order valence-corrected chi connectivity index (χ0v) is 14.3. The number of benzene rings is 1. The second kappa shape index (κ2) is 8.41. The van der Waals surface area contributed by atoms with Gasteiger partial charge in [0.25, 0.3) is 0 Å². The molecule has 0 atom stereocenters. The van der Waals surface area contributed by atoms with Crippen LogP contribution in [0.5, 0.6) is 0 Å². The van der Waals surface area contributed by atoms with Gasteiger partial charge in [0, 0.05) is 31.7 Å². The maximum absolute atomic E-state index is 13.6. The summed E-state index contributed by atoms with van der Waals surface area (Å²) >= 11 is 0. The van der Waals surface area contributed by atoms with Gasteiger partial charge < -0.3 is 15.5 Å². The number of aliphatic imine (C=N–C) groups is 1. The highest BCUT2D eigenvalue weighted by Gasteiger charge is 2.07. The van der Waals surface area contributed by atoms with Gasteiger partial charge in [-0.2, -0.15) is 0 Å². The molecule has 20 heavy (non-hydrogen) atoms. The fourth-order valence-electron chi connectivity index (χ4n) is 2.04. The normalized spacial score (nSPS) is 14.3. The number of guanidine groups is 1. The lowest BCUT2D eigenvalue weighted by atomic mass is 10.1. The molecule has 1 aliphatic rings. The Hall–Kier alpha value is -0.890. The molecule has 4 nitrogen and oxygen atoms in total. The van der Waals surface area contributed by atoms with Gasteiger partial charge in [-0.05, 0) is 38.2 Å². The molecule has 0 bridgehead atoms. The molecule has 0 saturated heterocycles. The van der Waals surface area contributed by atoms with E-state index in [9.17, 15) is 4.39 Å². The molecule has 0 aliphatic carbocycles. The Balaban J connectivity index is 0.00000200. The Morgan fingerprint density at radius 2 is 2.20 bits per heavy atom. The van der Waals surface area contributed by atoms with Crippen LogP contribution in [-0.4, -0.2) is 38.0 Å². The first-order chi connectivity index (χ1) is 9.15. The van der Waals surface area contributed by atoms with Crippen LogP contribution in [0.25, 0.3) is 0 Å². The molecule has 1 aliphatic heterocycles. The van der Waals surface area contributed by atoms with E-state index in [2.05, 4.69) is 15.6 Å². The molecule has 1 aromatic carbocycles. The van der Waals surface area contributed by atoms with E-state index in [4.69, 9.17) is 0 Å². The van der Waals surface area contributed by atoms with Crippen molar-refractivity contribution in [3.63, 3.8) is 0 Å². The van der Waals surface area contributed by atoms with E-state index >= 15 is 0 Å². The molecule has 6 heteroatoms. The van der Waals surface area contributed by atoms with Gasteiger partial charge in [0.05, 0.1) is 0 Å². The maximum Gasteiger partial charge on any atom is 0.191 e. The number of hydrogen-bond acceptors (Lipinski definition) is 4.